The van der Waals surface area contributed by atoms with E-state index >= 15 is 0 Å². The van der Waals surface area contributed by atoms with Crippen molar-refractivity contribution in [2.24, 2.45) is 0 Å². The van der Waals surface area contributed by atoms with Gasteiger partial charge in [-0.1, -0.05) is 35.5 Å². The summed E-state index contributed by atoms with van der Waals surface area (Å²) in [6.07, 6.45) is 1.26. The second kappa shape index (κ2) is 5.34. The first-order chi connectivity index (χ1) is 9.09. The molecule has 2 aromatic rings. The fourth-order valence-electron chi connectivity index (χ4n) is 1.66. The minimum absolute atomic E-state index is 0.224. The predicted octanol–water partition coefficient (Wildman–Crippen LogP) is 1.54. The number of hydrogen-bond donors (Lipinski definition) is 2. The van der Waals surface area contributed by atoms with Gasteiger partial charge in [-0.15, -0.1) is 0 Å². The van der Waals surface area contributed by atoms with Gasteiger partial charge in [-0.05, 0) is 12.5 Å². The minimum atomic E-state index is -1.13. The number of carboxylic acid groups (broad SMARTS) is 1. The number of carbonyl (C=O) groups is 2. The number of carboxylic acids is 1. The molecule has 0 aliphatic rings. The van der Waals surface area contributed by atoms with Crippen molar-refractivity contribution < 1.29 is 19.2 Å². The number of nitrogens with one attached hydrogen (secondary N) is 1. The van der Waals surface area contributed by atoms with E-state index in [9.17, 15) is 14.7 Å². The van der Waals surface area contributed by atoms with Crippen LogP contribution in [0.2, 0.25) is 0 Å². The Morgan fingerprint density at radius 2 is 2.00 bits per heavy atom. The first-order valence-corrected chi connectivity index (χ1v) is 5.59. The van der Waals surface area contributed by atoms with Gasteiger partial charge in [-0.2, -0.15) is 0 Å². The molecule has 0 aliphatic heterocycles. The minimum Gasteiger partial charge on any atom is -0.479 e. The van der Waals surface area contributed by atoms with Gasteiger partial charge < -0.3 is 14.9 Å². The van der Waals surface area contributed by atoms with Crippen molar-refractivity contribution in [3.8, 4) is 0 Å². The Morgan fingerprint density at radius 1 is 1.32 bits per heavy atom. The van der Waals surface area contributed by atoms with Crippen molar-refractivity contribution >= 4 is 11.9 Å². The molecule has 1 aromatic carbocycles. The van der Waals surface area contributed by atoms with Gasteiger partial charge in [0, 0.05) is 0 Å². The van der Waals surface area contributed by atoms with E-state index in [0.29, 0.717) is 11.3 Å². The molecule has 19 heavy (non-hydrogen) atoms. The van der Waals surface area contributed by atoms with Crippen LogP contribution in [0.4, 0.5) is 0 Å². The Labute approximate surface area is 109 Å². The highest BCUT2D eigenvalue weighted by Crippen LogP contribution is 2.14. The Bertz CT molecular complexity index is 592. The van der Waals surface area contributed by atoms with Crippen LogP contribution in [0.3, 0.4) is 0 Å². The van der Waals surface area contributed by atoms with Gasteiger partial charge >= 0.3 is 5.97 Å². The molecule has 98 valence electrons. The molecule has 1 aromatic heterocycles. The van der Waals surface area contributed by atoms with Crippen LogP contribution in [0.25, 0.3) is 0 Å². The number of aryl methyl sites for hydroxylation is 1. The number of aromatic nitrogens is 1. The molecule has 0 saturated carbocycles. The maximum atomic E-state index is 11.9. The average molecular weight is 260 g/mol. The van der Waals surface area contributed by atoms with Crippen LogP contribution in [-0.2, 0) is 4.79 Å². The number of hydrogen-bond acceptors (Lipinski definition) is 4. The number of amides is 1. The molecule has 0 bridgehead atoms. The van der Waals surface area contributed by atoms with E-state index in [1.165, 1.54) is 6.20 Å². The average Bonchev–Trinajstić information content (AvgIpc) is 2.82. The molecule has 1 heterocycles. The monoisotopic (exact) mass is 260 g/mol. The highest BCUT2D eigenvalue weighted by Gasteiger charge is 2.24. The van der Waals surface area contributed by atoms with Crippen LogP contribution < -0.4 is 5.32 Å². The third kappa shape index (κ3) is 2.79. The van der Waals surface area contributed by atoms with Gasteiger partial charge in [0.1, 0.15) is 11.3 Å². The van der Waals surface area contributed by atoms with E-state index in [4.69, 9.17) is 4.52 Å². The van der Waals surface area contributed by atoms with Crippen molar-refractivity contribution in [2.45, 2.75) is 13.0 Å². The van der Waals surface area contributed by atoms with E-state index in [-0.39, 0.29) is 5.56 Å². The van der Waals surface area contributed by atoms with Crippen LogP contribution in [-0.4, -0.2) is 22.1 Å². The number of benzene rings is 1. The summed E-state index contributed by atoms with van der Waals surface area (Å²) < 4.78 is 4.78. The molecule has 0 saturated heterocycles. The first-order valence-electron chi connectivity index (χ1n) is 5.59. The molecule has 0 unspecified atom stereocenters. The molecular weight excluding hydrogens is 248 g/mol. The van der Waals surface area contributed by atoms with Crippen LogP contribution in [0.15, 0.2) is 41.1 Å². The molecule has 2 N–H and O–H groups in total. The molecule has 6 heteroatoms. The van der Waals surface area contributed by atoms with Gasteiger partial charge in [0.05, 0.1) is 6.20 Å². The maximum absolute atomic E-state index is 11.9. The zero-order valence-electron chi connectivity index (χ0n) is 10.2. The lowest BCUT2D eigenvalue weighted by Crippen LogP contribution is -2.33. The van der Waals surface area contributed by atoms with Crippen LogP contribution in [0.1, 0.15) is 27.7 Å². The zero-order chi connectivity index (χ0) is 13.8. The van der Waals surface area contributed by atoms with E-state index in [2.05, 4.69) is 10.5 Å². The second-order valence-electron chi connectivity index (χ2n) is 3.95. The Hall–Kier alpha value is -2.63. The fraction of sp³-hybridized carbons (Fsp3) is 0.154. The van der Waals surface area contributed by atoms with Crippen molar-refractivity contribution in [3.05, 3.63) is 53.4 Å². The van der Waals surface area contributed by atoms with Gasteiger partial charge in [0.15, 0.2) is 6.04 Å². The van der Waals surface area contributed by atoms with Gasteiger partial charge in [-0.25, -0.2) is 4.79 Å². The van der Waals surface area contributed by atoms with Gasteiger partial charge in [-0.3, -0.25) is 4.79 Å². The molecule has 6 nitrogen and oxygen atoms in total. The van der Waals surface area contributed by atoms with Crippen molar-refractivity contribution in [1.29, 1.82) is 0 Å². The molecule has 0 aliphatic carbocycles. The van der Waals surface area contributed by atoms with Gasteiger partial charge in [0.25, 0.3) is 5.91 Å². The van der Waals surface area contributed by atoms with Crippen LogP contribution in [0, 0.1) is 6.92 Å². The number of carbonyl (C=O) groups excluding carboxylic acids is 1. The lowest BCUT2D eigenvalue weighted by molar-refractivity contribution is -0.139. The third-order valence-corrected chi connectivity index (χ3v) is 2.65. The molecule has 1 amide bonds. The van der Waals surface area contributed by atoms with Gasteiger partial charge in [0.2, 0.25) is 0 Å². The van der Waals surface area contributed by atoms with E-state index in [0.717, 1.165) is 0 Å². The normalized spacial score (nSPS) is 11.8. The SMILES string of the molecule is Cc1oncc1C(=O)N[C@@H](C(=O)O)c1ccccc1. The molecule has 1 atom stereocenters. The Kier molecular flexibility index (Phi) is 3.61. The highest BCUT2D eigenvalue weighted by atomic mass is 16.5. The standard InChI is InChI=1S/C13H12N2O4/c1-8-10(7-14-19-8)12(16)15-11(13(17)18)9-5-3-2-4-6-9/h2-7,11H,1H3,(H,15,16)(H,17,18)/t11-/m1/s1. The van der Waals surface area contributed by atoms with E-state index in [1.807, 2.05) is 0 Å². The molecule has 0 fully saturated rings. The summed E-state index contributed by atoms with van der Waals surface area (Å²) in [6.45, 7) is 1.58. The van der Waals surface area contributed by atoms with Crippen molar-refractivity contribution in [3.63, 3.8) is 0 Å². The summed E-state index contributed by atoms with van der Waals surface area (Å²) in [4.78, 5) is 23.2. The smallest absolute Gasteiger partial charge is 0.330 e. The predicted molar refractivity (Wildman–Crippen MR) is 65.5 cm³/mol. The van der Waals surface area contributed by atoms with Crippen LogP contribution in [0.5, 0.6) is 0 Å². The maximum Gasteiger partial charge on any atom is 0.330 e. The number of aliphatic carboxylic acids is 1. The summed E-state index contributed by atoms with van der Waals surface area (Å²) in [5.41, 5.74) is 0.722. The van der Waals surface area contributed by atoms with Crippen molar-refractivity contribution in [1.82, 2.24) is 10.5 Å². The Morgan fingerprint density at radius 3 is 2.53 bits per heavy atom. The fourth-order valence-corrected chi connectivity index (χ4v) is 1.66. The van der Waals surface area contributed by atoms with E-state index in [1.54, 1.807) is 37.3 Å². The lowest BCUT2D eigenvalue weighted by Gasteiger charge is -2.14. The zero-order valence-corrected chi connectivity index (χ0v) is 10.2. The topological polar surface area (TPSA) is 92.4 Å². The Balaban J connectivity index is 2.21. The molecule has 2 rings (SSSR count). The second-order valence-corrected chi connectivity index (χ2v) is 3.95. The lowest BCUT2D eigenvalue weighted by atomic mass is 10.1. The first kappa shape index (κ1) is 12.8. The molecule has 0 spiro atoms. The summed E-state index contributed by atoms with van der Waals surface area (Å²) in [6, 6.07) is 7.36. The van der Waals surface area contributed by atoms with Crippen LogP contribution >= 0.6 is 0 Å². The summed E-state index contributed by atoms with van der Waals surface area (Å²) in [7, 11) is 0. The molecule has 0 radical (unpaired) electrons. The summed E-state index contributed by atoms with van der Waals surface area (Å²) >= 11 is 0. The quantitative estimate of drug-likeness (QED) is 0.869. The molecular formula is C13H12N2O4. The largest absolute Gasteiger partial charge is 0.479 e. The summed E-state index contributed by atoms with van der Waals surface area (Å²) in [5.74, 6) is -1.32. The number of nitrogens with zero attached hydrogens (tertiary/aromatic N) is 1. The van der Waals surface area contributed by atoms with Crippen molar-refractivity contribution in [2.75, 3.05) is 0 Å². The number of rotatable bonds is 4. The highest BCUT2D eigenvalue weighted by molar-refractivity contribution is 5.97. The summed E-state index contributed by atoms with van der Waals surface area (Å²) in [5, 5.41) is 15.1. The van der Waals surface area contributed by atoms with E-state index < -0.39 is 17.9 Å². The third-order valence-electron chi connectivity index (χ3n) is 2.65.